The van der Waals surface area contributed by atoms with Crippen molar-refractivity contribution in [2.45, 2.75) is 0 Å². The molecule has 0 aliphatic heterocycles. The van der Waals surface area contributed by atoms with E-state index in [-0.39, 0.29) is 0 Å². The van der Waals surface area contributed by atoms with Crippen molar-refractivity contribution < 1.29 is 0 Å². The summed E-state index contributed by atoms with van der Waals surface area (Å²) in [6.45, 7) is 0. The molecular formula is C52H30. The first-order valence-electron chi connectivity index (χ1n) is 18.2. The maximum atomic E-state index is 2.53. The molecule has 52 heavy (non-hydrogen) atoms. The molecule has 0 atom stereocenters. The molecule has 0 aliphatic carbocycles. The van der Waals surface area contributed by atoms with Gasteiger partial charge < -0.3 is 0 Å². The molecule has 0 amide bonds. The van der Waals surface area contributed by atoms with Crippen molar-refractivity contribution in [3.8, 4) is 33.4 Å². The van der Waals surface area contributed by atoms with Gasteiger partial charge >= 0.3 is 0 Å². The summed E-state index contributed by atoms with van der Waals surface area (Å²) in [4.78, 5) is 0. The van der Waals surface area contributed by atoms with Gasteiger partial charge in [0.1, 0.15) is 0 Å². The lowest BCUT2D eigenvalue weighted by atomic mass is 9.83. The van der Waals surface area contributed by atoms with Crippen LogP contribution in [0.15, 0.2) is 182 Å². The first kappa shape index (κ1) is 28.0. The topological polar surface area (TPSA) is 0 Å². The van der Waals surface area contributed by atoms with Gasteiger partial charge in [0.2, 0.25) is 0 Å². The summed E-state index contributed by atoms with van der Waals surface area (Å²) in [6.07, 6.45) is 0. The largest absolute Gasteiger partial charge is 0.0622 e. The second kappa shape index (κ2) is 10.4. The molecule has 12 aromatic rings. The lowest BCUT2D eigenvalue weighted by Gasteiger charge is -2.19. The molecule has 0 saturated carbocycles. The molecule has 0 saturated heterocycles. The fourth-order valence-corrected chi connectivity index (χ4v) is 9.62. The summed E-state index contributed by atoms with van der Waals surface area (Å²) in [5.74, 6) is 0. The van der Waals surface area contributed by atoms with E-state index in [9.17, 15) is 0 Å². The normalized spacial score (nSPS) is 12.2. The number of fused-ring (bicyclic) bond motifs is 10. The highest BCUT2D eigenvalue weighted by atomic mass is 14.3. The maximum Gasteiger partial charge on any atom is -0.000697 e. The Morgan fingerprint density at radius 1 is 0.192 bits per heavy atom. The van der Waals surface area contributed by atoms with Crippen molar-refractivity contribution in [3.05, 3.63) is 182 Å². The fraction of sp³-hybridized carbons (Fsp3) is 0. The van der Waals surface area contributed by atoms with Crippen LogP contribution in [0.25, 0.3) is 120 Å². The van der Waals surface area contributed by atoms with Crippen LogP contribution in [0.1, 0.15) is 0 Å². The standard InChI is InChI=1S/C52H30/c1-4-15-31(16-5-1)35-28-41-36-22-11-10-21-34(36)27-43-49(41)44(29-35)51-46(32-17-6-2-7-18-32)45-30-42-38-24-13-12-23-37(38)39-25-14-26-40(48(39)42)50(45)47(52(43)51)33-19-8-3-9-20-33/h1-30H. The lowest BCUT2D eigenvalue weighted by Crippen LogP contribution is -1.91. The zero-order valence-corrected chi connectivity index (χ0v) is 28.3. The van der Waals surface area contributed by atoms with Crippen molar-refractivity contribution >= 4 is 86.2 Å². The molecule has 0 nitrogen and oxygen atoms in total. The Bertz CT molecular complexity index is 3360. The Hall–Kier alpha value is -6.76. The van der Waals surface area contributed by atoms with Gasteiger partial charge in [-0.25, -0.2) is 0 Å². The predicted molar refractivity (Wildman–Crippen MR) is 225 cm³/mol. The molecule has 0 heterocycles. The molecule has 0 N–H and O–H groups in total. The van der Waals surface area contributed by atoms with Gasteiger partial charge in [-0.15, -0.1) is 0 Å². The first-order valence-corrected chi connectivity index (χ1v) is 18.2. The molecule has 0 aliphatic rings. The van der Waals surface area contributed by atoms with Crippen molar-refractivity contribution in [3.63, 3.8) is 0 Å². The van der Waals surface area contributed by atoms with Gasteiger partial charge in [0.25, 0.3) is 0 Å². The van der Waals surface area contributed by atoms with Crippen LogP contribution in [-0.4, -0.2) is 0 Å². The quantitative estimate of drug-likeness (QED) is 0.166. The summed E-state index contributed by atoms with van der Waals surface area (Å²) in [7, 11) is 0. The maximum absolute atomic E-state index is 2.53. The van der Waals surface area contributed by atoms with Crippen LogP contribution in [0, 0.1) is 0 Å². The lowest BCUT2D eigenvalue weighted by molar-refractivity contribution is 1.66. The van der Waals surface area contributed by atoms with Crippen molar-refractivity contribution in [1.82, 2.24) is 0 Å². The molecular weight excluding hydrogens is 625 g/mol. The van der Waals surface area contributed by atoms with Crippen LogP contribution in [0.3, 0.4) is 0 Å². The van der Waals surface area contributed by atoms with Gasteiger partial charge in [-0.05, 0) is 144 Å². The SMILES string of the molecule is c1ccc(-c2cc3c4ccccc4cc4c5c(-c6ccccc6)c6c(cc7c8ccccc8c8cccc6c87)c(-c6ccccc6)c5c(c2)c34)cc1. The monoisotopic (exact) mass is 654 g/mol. The van der Waals surface area contributed by atoms with Gasteiger partial charge in [0, 0.05) is 0 Å². The van der Waals surface area contributed by atoms with Gasteiger partial charge in [0.15, 0.2) is 0 Å². The fourth-order valence-electron chi connectivity index (χ4n) is 9.62. The minimum atomic E-state index is 1.23. The van der Waals surface area contributed by atoms with Crippen LogP contribution in [0.5, 0.6) is 0 Å². The van der Waals surface area contributed by atoms with E-state index in [0.717, 1.165) is 0 Å². The smallest absolute Gasteiger partial charge is 0.000697 e. The van der Waals surface area contributed by atoms with E-state index in [1.165, 1.54) is 120 Å². The second-order valence-corrected chi connectivity index (χ2v) is 14.3. The van der Waals surface area contributed by atoms with E-state index >= 15 is 0 Å². The third-order valence-electron chi connectivity index (χ3n) is 11.7. The average Bonchev–Trinajstić information content (AvgIpc) is 3.71. The van der Waals surface area contributed by atoms with E-state index in [1.807, 2.05) is 0 Å². The Morgan fingerprint density at radius 3 is 1.40 bits per heavy atom. The van der Waals surface area contributed by atoms with Gasteiger partial charge in [-0.2, -0.15) is 0 Å². The van der Waals surface area contributed by atoms with Gasteiger partial charge in [-0.1, -0.05) is 158 Å². The number of rotatable bonds is 3. The zero-order valence-electron chi connectivity index (χ0n) is 28.3. The minimum Gasteiger partial charge on any atom is -0.0622 e. The summed E-state index contributed by atoms with van der Waals surface area (Å²) in [5.41, 5.74) is 7.60. The summed E-state index contributed by atoms with van der Waals surface area (Å²) in [6, 6.07) is 67.9. The van der Waals surface area contributed by atoms with Crippen molar-refractivity contribution in [1.29, 1.82) is 0 Å². The van der Waals surface area contributed by atoms with E-state index in [1.54, 1.807) is 0 Å². The number of benzene rings is 10. The van der Waals surface area contributed by atoms with Crippen LogP contribution >= 0.6 is 0 Å². The van der Waals surface area contributed by atoms with Gasteiger partial charge in [0.05, 0.1) is 0 Å². The summed E-state index contributed by atoms with van der Waals surface area (Å²) < 4.78 is 0. The molecule has 0 aromatic heterocycles. The third-order valence-corrected chi connectivity index (χ3v) is 11.7. The average molecular weight is 655 g/mol. The number of hydrogen-bond acceptors (Lipinski definition) is 0. The highest BCUT2D eigenvalue weighted by molar-refractivity contribution is 6.46. The van der Waals surface area contributed by atoms with Gasteiger partial charge in [-0.3, -0.25) is 0 Å². The Morgan fingerprint density at radius 2 is 0.673 bits per heavy atom. The van der Waals surface area contributed by atoms with Crippen LogP contribution in [0.4, 0.5) is 0 Å². The zero-order chi connectivity index (χ0) is 33.9. The predicted octanol–water partition coefficient (Wildman–Crippen LogP) is 14.8. The van der Waals surface area contributed by atoms with Crippen molar-refractivity contribution in [2.75, 3.05) is 0 Å². The summed E-state index contributed by atoms with van der Waals surface area (Å²) in [5, 5.41) is 21.1. The minimum absolute atomic E-state index is 1.23. The number of hydrogen-bond donors (Lipinski definition) is 0. The summed E-state index contributed by atoms with van der Waals surface area (Å²) >= 11 is 0. The molecule has 0 heteroatoms. The molecule has 12 rings (SSSR count). The van der Waals surface area contributed by atoms with E-state index in [0.29, 0.717) is 0 Å². The van der Waals surface area contributed by atoms with Crippen LogP contribution < -0.4 is 0 Å². The van der Waals surface area contributed by atoms with E-state index in [2.05, 4.69) is 182 Å². The third kappa shape index (κ3) is 3.66. The molecule has 12 aromatic carbocycles. The van der Waals surface area contributed by atoms with E-state index in [4.69, 9.17) is 0 Å². The van der Waals surface area contributed by atoms with E-state index < -0.39 is 0 Å². The molecule has 238 valence electrons. The highest BCUT2D eigenvalue weighted by Crippen LogP contribution is 2.55. The Balaban J connectivity index is 1.45. The molecule has 0 unspecified atom stereocenters. The first-order chi connectivity index (χ1) is 25.8. The van der Waals surface area contributed by atoms with Crippen LogP contribution in [0.2, 0.25) is 0 Å². The van der Waals surface area contributed by atoms with Crippen molar-refractivity contribution in [2.24, 2.45) is 0 Å². The molecule has 0 radical (unpaired) electrons. The van der Waals surface area contributed by atoms with Crippen LogP contribution in [-0.2, 0) is 0 Å². The molecule has 0 bridgehead atoms. The molecule has 0 spiro atoms. The Kier molecular flexibility index (Phi) is 5.59. The highest BCUT2D eigenvalue weighted by Gasteiger charge is 2.27. The Labute approximate surface area is 300 Å². The molecule has 0 fully saturated rings. The second-order valence-electron chi connectivity index (χ2n) is 14.3.